The second-order valence-corrected chi connectivity index (χ2v) is 11.7. The molecule has 0 aromatic heterocycles. The average molecular weight is 545 g/mol. The zero-order chi connectivity index (χ0) is 27.9. The van der Waals surface area contributed by atoms with Crippen LogP contribution in [0.25, 0.3) is 11.1 Å². The number of phenolic OH excluding ortho intramolecular Hbond substituents is 1. The van der Waals surface area contributed by atoms with Crippen LogP contribution in [0.3, 0.4) is 0 Å². The topological polar surface area (TPSA) is 29.5 Å². The normalized spacial score (nSPS) is 20.1. The summed E-state index contributed by atoms with van der Waals surface area (Å²) in [5.74, 6) is 2.34. The summed E-state index contributed by atoms with van der Waals surface area (Å²) >= 11 is 0. The minimum Gasteiger partial charge on any atom is -0.508 e. The molecule has 0 amide bonds. The molecule has 0 radical (unpaired) electrons. The van der Waals surface area contributed by atoms with Crippen molar-refractivity contribution in [3.05, 3.63) is 94.5 Å². The number of hydrogen-bond acceptors (Lipinski definition) is 2. The molecule has 2 aliphatic carbocycles. The van der Waals surface area contributed by atoms with Gasteiger partial charge in [-0.3, -0.25) is 4.39 Å². The average Bonchev–Trinajstić information content (AvgIpc) is 3.14. The van der Waals surface area contributed by atoms with Gasteiger partial charge < -0.3 is 9.84 Å². The summed E-state index contributed by atoms with van der Waals surface area (Å²) in [5.41, 5.74) is 8.49. The Kier molecular flexibility index (Phi) is 9.57. The van der Waals surface area contributed by atoms with Gasteiger partial charge in [0.05, 0.1) is 6.67 Å². The fraction of sp³-hybridized carbons (Fsp3) is 0.444. The summed E-state index contributed by atoms with van der Waals surface area (Å²) in [5, 5.41) is 10.2. The van der Waals surface area contributed by atoms with Crippen molar-refractivity contribution in [2.75, 3.05) is 6.67 Å². The molecular weight excluding hydrogens is 502 g/mol. The Balaban J connectivity index is 1.39. The molecule has 1 atom stereocenters. The highest BCUT2D eigenvalue weighted by atomic mass is 19.1. The van der Waals surface area contributed by atoms with Gasteiger partial charge in [0.1, 0.15) is 11.5 Å². The summed E-state index contributed by atoms with van der Waals surface area (Å²) in [4.78, 5) is 0. The molecule has 3 aromatic carbocycles. The number of fused-ring (bicyclic) bond motifs is 1. The largest absolute Gasteiger partial charge is 0.508 e. The maximum absolute atomic E-state index is 13.4. The molecule has 0 spiro atoms. The molecule has 1 fully saturated rings. The van der Waals surface area contributed by atoms with E-state index in [4.69, 9.17) is 4.74 Å². The van der Waals surface area contributed by atoms with Crippen LogP contribution in [0.5, 0.6) is 11.5 Å². The van der Waals surface area contributed by atoms with E-state index >= 15 is 0 Å². The Morgan fingerprint density at radius 1 is 0.850 bits per heavy atom. The first kappa shape index (κ1) is 28.4. The van der Waals surface area contributed by atoms with Gasteiger partial charge in [0, 0.05) is 6.92 Å². The molecular formula is C36H42F2O2. The Hall–Kier alpha value is -3.14. The highest BCUT2D eigenvalue weighted by Gasteiger charge is 2.23. The monoisotopic (exact) mass is 544 g/mol. The van der Waals surface area contributed by atoms with Crippen LogP contribution in [0.4, 0.5) is 8.78 Å². The third kappa shape index (κ3) is 7.13. The highest BCUT2D eigenvalue weighted by molar-refractivity contribution is 6.00. The third-order valence-corrected chi connectivity index (χ3v) is 8.76. The van der Waals surface area contributed by atoms with Gasteiger partial charge in [0.25, 0.3) is 0 Å². The molecule has 4 heteroatoms. The van der Waals surface area contributed by atoms with E-state index in [0.717, 1.165) is 49.5 Å². The van der Waals surface area contributed by atoms with Gasteiger partial charge in [0.15, 0.2) is 0 Å². The zero-order valence-corrected chi connectivity index (χ0v) is 23.7. The number of benzene rings is 3. The van der Waals surface area contributed by atoms with Gasteiger partial charge >= 0.3 is 0 Å². The fourth-order valence-corrected chi connectivity index (χ4v) is 6.71. The Morgan fingerprint density at radius 3 is 2.25 bits per heavy atom. The van der Waals surface area contributed by atoms with Crippen LogP contribution in [-0.4, -0.2) is 18.1 Å². The van der Waals surface area contributed by atoms with Crippen molar-refractivity contribution in [2.24, 2.45) is 11.8 Å². The van der Waals surface area contributed by atoms with E-state index in [9.17, 15) is 13.9 Å². The number of phenols is 1. The second kappa shape index (κ2) is 13.5. The van der Waals surface area contributed by atoms with Crippen LogP contribution < -0.4 is 4.74 Å². The molecule has 2 nitrogen and oxygen atoms in total. The molecule has 0 heterocycles. The molecule has 1 unspecified atom stereocenters. The molecule has 0 saturated heterocycles. The summed E-state index contributed by atoms with van der Waals surface area (Å²) in [7, 11) is 0. The van der Waals surface area contributed by atoms with Crippen molar-refractivity contribution in [3.8, 4) is 11.5 Å². The standard InChI is InChI=1S/C36H42F2O2/c1-25(38)40-33-19-16-29(17-20-33)34-7-4-6-31-24-32(39)18-21-35(31)36(34)30-14-12-28(13-15-30)23-27-10-8-26(9-11-27)5-2-3-22-37/h12-21,24-27,39H,2-11,22-23H2,1H3. The summed E-state index contributed by atoms with van der Waals surface area (Å²) < 4.78 is 31.0. The molecule has 0 bridgehead atoms. The van der Waals surface area contributed by atoms with E-state index in [1.54, 1.807) is 6.07 Å². The number of hydrogen-bond donors (Lipinski definition) is 1. The van der Waals surface area contributed by atoms with E-state index in [1.807, 2.05) is 36.4 Å². The number of allylic oxidation sites excluding steroid dienone is 1. The highest BCUT2D eigenvalue weighted by Crippen LogP contribution is 2.41. The number of rotatable bonds is 10. The van der Waals surface area contributed by atoms with Crippen LogP contribution in [0.15, 0.2) is 66.7 Å². The molecule has 40 heavy (non-hydrogen) atoms. The number of aryl methyl sites for hydroxylation is 1. The lowest BCUT2D eigenvalue weighted by atomic mass is 9.77. The van der Waals surface area contributed by atoms with Gasteiger partial charge in [-0.15, -0.1) is 0 Å². The first-order valence-electron chi connectivity index (χ1n) is 15.1. The van der Waals surface area contributed by atoms with E-state index in [1.165, 1.54) is 72.4 Å². The molecule has 0 aliphatic heterocycles. The SMILES string of the molecule is CC(F)Oc1ccc(C2=C(c3ccc(CC4CCC(CCCCF)CC4)cc3)c3ccc(O)cc3CCC2)cc1. The predicted octanol–water partition coefficient (Wildman–Crippen LogP) is 9.87. The van der Waals surface area contributed by atoms with E-state index < -0.39 is 6.36 Å². The molecule has 1 N–H and O–H groups in total. The first-order valence-corrected chi connectivity index (χ1v) is 15.1. The lowest BCUT2D eigenvalue weighted by molar-refractivity contribution is 0.0860. The van der Waals surface area contributed by atoms with Crippen LogP contribution in [0, 0.1) is 11.8 Å². The van der Waals surface area contributed by atoms with Gasteiger partial charge in [-0.2, -0.15) is 0 Å². The lowest BCUT2D eigenvalue weighted by Gasteiger charge is -2.28. The summed E-state index contributed by atoms with van der Waals surface area (Å²) in [6, 6.07) is 22.6. The molecule has 212 valence electrons. The Morgan fingerprint density at radius 2 is 1.55 bits per heavy atom. The molecule has 2 aliphatic rings. The van der Waals surface area contributed by atoms with Crippen molar-refractivity contribution in [1.29, 1.82) is 0 Å². The summed E-state index contributed by atoms with van der Waals surface area (Å²) in [6.07, 6.45) is 10.6. The lowest BCUT2D eigenvalue weighted by Crippen LogP contribution is -2.16. The van der Waals surface area contributed by atoms with Gasteiger partial charge in [0.2, 0.25) is 6.36 Å². The minimum absolute atomic E-state index is 0.182. The maximum Gasteiger partial charge on any atom is 0.235 e. The number of unbranched alkanes of at least 4 members (excludes halogenated alkanes) is 1. The number of alkyl halides is 2. The van der Waals surface area contributed by atoms with Crippen molar-refractivity contribution >= 4 is 11.1 Å². The van der Waals surface area contributed by atoms with Crippen molar-refractivity contribution in [2.45, 2.75) is 83.9 Å². The van der Waals surface area contributed by atoms with Crippen molar-refractivity contribution in [1.82, 2.24) is 0 Å². The van der Waals surface area contributed by atoms with E-state index in [-0.39, 0.29) is 6.67 Å². The van der Waals surface area contributed by atoms with E-state index in [2.05, 4.69) is 24.3 Å². The molecule has 1 saturated carbocycles. The maximum atomic E-state index is 13.4. The number of aromatic hydroxyl groups is 1. The van der Waals surface area contributed by atoms with Crippen LogP contribution in [0.2, 0.25) is 0 Å². The summed E-state index contributed by atoms with van der Waals surface area (Å²) in [6.45, 7) is 1.21. The zero-order valence-electron chi connectivity index (χ0n) is 23.7. The Bertz CT molecular complexity index is 1270. The van der Waals surface area contributed by atoms with Gasteiger partial charge in [-0.25, -0.2) is 4.39 Å². The van der Waals surface area contributed by atoms with Crippen LogP contribution in [0.1, 0.15) is 92.5 Å². The third-order valence-electron chi connectivity index (χ3n) is 8.76. The Labute approximate surface area is 238 Å². The smallest absolute Gasteiger partial charge is 0.235 e. The molecule has 5 rings (SSSR count). The first-order chi connectivity index (χ1) is 19.5. The van der Waals surface area contributed by atoms with E-state index in [0.29, 0.717) is 17.9 Å². The van der Waals surface area contributed by atoms with Gasteiger partial charge in [-0.1, -0.05) is 68.1 Å². The van der Waals surface area contributed by atoms with Crippen molar-refractivity contribution < 1.29 is 18.6 Å². The quantitative estimate of drug-likeness (QED) is 0.257. The second-order valence-electron chi connectivity index (χ2n) is 11.7. The minimum atomic E-state index is -1.35. The predicted molar refractivity (Wildman–Crippen MR) is 160 cm³/mol. The fourth-order valence-electron chi connectivity index (χ4n) is 6.71. The van der Waals surface area contributed by atoms with Crippen LogP contribution >= 0.6 is 0 Å². The van der Waals surface area contributed by atoms with Crippen molar-refractivity contribution in [3.63, 3.8) is 0 Å². The molecule has 3 aromatic rings. The number of ether oxygens (including phenoxy) is 1. The van der Waals surface area contributed by atoms with Crippen LogP contribution in [-0.2, 0) is 12.8 Å². The van der Waals surface area contributed by atoms with Gasteiger partial charge in [-0.05, 0) is 120 Å². The number of halogens is 2.